The highest BCUT2D eigenvalue weighted by atomic mass is 35.5. The summed E-state index contributed by atoms with van der Waals surface area (Å²) in [7, 11) is 3.24. The quantitative estimate of drug-likeness (QED) is 0.854. The van der Waals surface area contributed by atoms with Gasteiger partial charge in [0.1, 0.15) is 11.5 Å². The highest BCUT2D eigenvalue weighted by Gasteiger charge is 2.48. The van der Waals surface area contributed by atoms with Crippen LogP contribution in [-0.4, -0.2) is 36.9 Å². The topological polar surface area (TPSA) is 67.8 Å². The SMILES string of the molecule is CCc1cc(Cl)cc(OC)c1C1=C(O)C2(CCC(OC)CC2)NC1=O. The van der Waals surface area contributed by atoms with E-state index in [0.29, 0.717) is 41.2 Å². The van der Waals surface area contributed by atoms with Gasteiger partial charge in [0.25, 0.3) is 5.91 Å². The largest absolute Gasteiger partial charge is 0.509 e. The molecule has 6 heteroatoms. The molecule has 1 amide bonds. The number of ether oxygens (including phenoxy) is 2. The van der Waals surface area contributed by atoms with Crippen molar-refractivity contribution in [3.63, 3.8) is 0 Å². The van der Waals surface area contributed by atoms with E-state index < -0.39 is 5.54 Å². The fourth-order valence-corrected chi connectivity index (χ4v) is 4.19. The molecule has 0 atom stereocenters. The van der Waals surface area contributed by atoms with Gasteiger partial charge >= 0.3 is 0 Å². The van der Waals surface area contributed by atoms with Crippen molar-refractivity contribution in [2.45, 2.75) is 50.7 Å². The maximum absolute atomic E-state index is 12.8. The van der Waals surface area contributed by atoms with Gasteiger partial charge in [0.15, 0.2) is 0 Å². The molecule has 1 fully saturated rings. The molecule has 0 bridgehead atoms. The Morgan fingerprint density at radius 3 is 2.56 bits per heavy atom. The number of carbonyl (C=O) groups is 1. The number of benzene rings is 1. The van der Waals surface area contributed by atoms with Gasteiger partial charge in [-0.25, -0.2) is 0 Å². The normalized spacial score (nSPS) is 26.2. The summed E-state index contributed by atoms with van der Waals surface area (Å²) >= 11 is 6.16. The molecule has 25 heavy (non-hydrogen) atoms. The molecule has 2 aliphatic rings. The zero-order valence-electron chi connectivity index (χ0n) is 14.8. The van der Waals surface area contributed by atoms with Crippen LogP contribution in [0.4, 0.5) is 0 Å². The van der Waals surface area contributed by atoms with E-state index in [1.54, 1.807) is 20.3 Å². The van der Waals surface area contributed by atoms with Gasteiger partial charge in [0.2, 0.25) is 0 Å². The monoisotopic (exact) mass is 365 g/mol. The zero-order chi connectivity index (χ0) is 18.2. The summed E-state index contributed by atoms with van der Waals surface area (Å²) in [6.45, 7) is 1.98. The fraction of sp³-hybridized carbons (Fsp3) is 0.526. The van der Waals surface area contributed by atoms with Crippen molar-refractivity contribution < 1.29 is 19.4 Å². The van der Waals surface area contributed by atoms with Crippen molar-refractivity contribution in [2.24, 2.45) is 0 Å². The lowest BCUT2D eigenvalue weighted by atomic mass is 9.79. The van der Waals surface area contributed by atoms with Crippen LogP contribution in [-0.2, 0) is 16.0 Å². The number of nitrogens with one attached hydrogen (secondary N) is 1. The average molecular weight is 366 g/mol. The molecule has 1 saturated carbocycles. The van der Waals surface area contributed by atoms with Crippen LogP contribution in [0.25, 0.3) is 5.57 Å². The molecule has 5 nitrogen and oxygen atoms in total. The molecule has 1 spiro atoms. The summed E-state index contributed by atoms with van der Waals surface area (Å²) in [5.41, 5.74) is 1.12. The van der Waals surface area contributed by atoms with Crippen LogP contribution in [0.5, 0.6) is 5.75 Å². The van der Waals surface area contributed by atoms with Crippen LogP contribution in [0, 0.1) is 0 Å². The first-order chi connectivity index (χ1) is 12.0. The summed E-state index contributed by atoms with van der Waals surface area (Å²) in [6.07, 6.45) is 3.76. The van der Waals surface area contributed by atoms with Crippen molar-refractivity contribution in [1.29, 1.82) is 0 Å². The maximum Gasteiger partial charge on any atom is 0.256 e. The Morgan fingerprint density at radius 1 is 1.32 bits per heavy atom. The fourth-order valence-electron chi connectivity index (χ4n) is 3.96. The van der Waals surface area contributed by atoms with Crippen molar-refractivity contribution in [3.05, 3.63) is 34.0 Å². The van der Waals surface area contributed by atoms with Gasteiger partial charge in [-0.2, -0.15) is 0 Å². The minimum atomic E-state index is -0.697. The van der Waals surface area contributed by atoms with Gasteiger partial charge in [-0.05, 0) is 49.8 Å². The van der Waals surface area contributed by atoms with E-state index in [9.17, 15) is 9.90 Å². The molecule has 1 aromatic rings. The summed E-state index contributed by atoms with van der Waals surface area (Å²) in [6, 6.07) is 3.50. The highest BCUT2D eigenvalue weighted by Crippen LogP contribution is 2.45. The van der Waals surface area contributed by atoms with Crippen LogP contribution >= 0.6 is 11.6 Å². The van der Waals surface area contributed by atoms with E-state index in [1.807, 2.05) is 13.0 Å². The summed E-state index contributed by atoms with van der Waals surface area (Å²) in [5.74, 6) is 0.356. The lowest BCUT2D eigenvalue weighted by molar-refractivity contribution is -0.116. The van der Waals surface area contributed by atoms with E-state index in [2.05, 4.69) is 5.32 Å². The molecule has 0 aromatic heterocycles. The Morgan fingerprint density at radius 2 is 2.00 bits per heavy atom. The number of aliphatic hydroxyl groups excluding tert-OH is 1. The molecule has 0 radical (unpaired) electrons. The minimum Gasteiger partial charge on any atom is -0.509 e. The molecule has 1 aliphatic heterocycles. The van der Waals surface area contributed by atoms with Crippen LogP contribution in [0.1, 0.15) is 43.7 Å². The lowest BCUT2D eigenvalue weighted by Crippen LogP contribution is -2.48. The number of aryl methyl sites for hydroxylation is 1. The molecule has 1 aromatic carbocycles. The molecule has 1 aliphatic carbocycles. The van der Waals surface area contributed by atoms with E-state index >= 15 is 0 Å². The first-order valence-electron chi connectivity index (χ1n) is 8.61. The van der Waals surface area contributed by atoms with E-state index in [-0.39, 0.29) is 17.8 Å². The van der Waals surface area contributed by atoms with Crippen molar-refractivity contribution in [2.75, 3.05) is 14.2 Å². The van der Waals surface area contributed by atoms with E-state index in [0.717, 1.165) is 18.4 Å². The van der Waals surface area contributed by atoms with Crippen molar-refractivity contribution >= 4 is 23.1 Å². The smallest absolute Gasteiger partial charge is 0.256 e. The third kappa shape index (κ3) is 3.00. The van der Waals surface area contributed by atoms with Crippen LogP contribution < -0.4 is 10.1 Å². The van der Waals surface area contributed by atoms with Gasteiger partial charge < -0.3 is 19.9 Å². The Labute approximate surface area is 153 Å². The number of aliphatic hydroxyl groups is 1. The molecule has 0 unspecified atom stereocenters. The molecule has 2 N–H and O–H groups in total. The first-order valence-corrected chi connectivity index (χ1v) is 8.99. The predicted octanol–water partition coefficient (Wildman–Crippen LogP) is 3.64. The Bertz CT molecular complexity index is 695. The lowest BCUT2D eigenvalue weighted by Gasteiger charge is -2.36. The van der Waals surface area contributed by atoms with Gasteiger partial charge in [0.05, 0.1) is 24.3 Å². The number of halogens is 1. The third-order valence-electron chi connectivity index (χ3n) is 5.39. The molecule has 0 saturated heterocycles. The molecular weight excluding hydrogens is 342 g/mol. The standard InChI is InChI=1S/C19H24ClNO4/c1-4-11-9-12(20)10-14(25-3)15(11)16-17(22)19(21-18(16)23)7-5-13(24-2)6-8-19/h9-10,13,22H,4-8H2,1-3H3,(H,21,23). The second-order valence-corrected chi connectivity index (χ2v) is 7.13. The molecule has 136 valence electrons. The summed E-state index contributed by atoms with van der Waals surface area (Å²) < 4.78 is 10.9. The molecular formula is C19H24ClNO4. The predicted molar refractivity (Wildman–Crippen MR) is 97.1 cm³/mol. The van der Waals surface area contributed by atoms with Crippen LogP contribution in [0.15, 0.2) is 17.9 Å². The number of methoxy groups -OCH3 is 2. The van der Waals surface area contributed by atoms with Gasteiger partial charge in [-0.3, -0.25) is 4.79 Å². The number of hydrogen-bond donors (Lipinski definition) is 2. The second kappa shape index (κ2) is 6.89. The second-order valence-electron chi connectivity index (χ2n) is 6.69. The molecule has 3 rings (SSSR count). The van der Waals surface area contributed by atoms with Crippen LogP contribution in [0.3, 0.4) is 0 Å². The van der Waals surface area contributed by atoms with Gasteiger partial charge in [-0.1, -0.05) is 18.5 Å². The number of carbonyl (C=O) groups excluding carboxylic acids is 1. The average Bonchev–Trinajstić information content (AvgIpc) is 2.85. The zero-order valence-corrected chi connectivity index (χ0v) is 15.6. The molecule has 1 heterocycles. The Balaban J connectivity index is 2.09. The number of hydrogen-bond acceptors (Lipinski definition) is 4. The minimum absolute atomic E-state index is 0.113. The number of amides is 1. The Hall–Kier alpha value is -1.72. The van der Waals surface area contributed by atoms with Crippen molar-refractivity contribution in [1.82, 2.24) is 5.32 Å². The maximum atomic E-state index is 12.8. The van der Waals surface area contributed by atoms with Gasteiger partial charge in [-0.15, -0.1) is 0 Å². The summed E-state index contributed by atoms with van der Waals surface area (Å²) in [4.78, 5) is 12.8. The van der Waals surface area contributed by atoms with E-state index in [4.69, 9.17) is 21.1 Å². The summed E-state index contributed by atoms with van der Waals surface area (Å²) in [5, 5.41) is 14.6. The van der Waals surface area contributed by atoms with E-state index in [1.165, 1.54) is 0 Å². The first kappa shape index (κ1) is 18.1. The third-order valence-corrected chi connectivity index (χ3v) is 5.61. The van der Waals surface area contributed by atoms with Crippen LogP contribution in [0.2, 0.25) is 5.02 Å². The highest BCUT2D eigenvalue weighted by molar-refractivity contribution is 6.31. The number of rotatable bonds is 4. The van der Waals surface area contributed by atoms with Crippen molar-refractivity contribution in [3.8, 4) is 5.75 Å². The Kier molecular flexibility index (Phi) is 4.98. The van der Waals surface area contributed by atoms with Gasteiger partial charge in [0, 0.05) is 17.7 Å².